The van der Waals surface area contributed by atoms with Crippen LogP contribution in [0.25, 0.3) is 16.5 Å². The zero-order valence-corrected chi connectivity index (χ0v) is 16.3. The maximum atomic E-state index is 12.3. The minimum atomic E-state index is -0.423. The molecule has 0 atom stereocenters. The number of nitrogens with two attached hydrogens (primary N) is 1. The zero-order chi connectivity index (χ0) is 20.2. The molecule has 0 radical (unpaired) electrons. The van der Waals surface area contributed by atoms with Gasteiger partial charge in [0.25, 0.3) is 0 Å². The second kappa shape index (κ2) is 8.19. The first-order chi connectivity index (χ1) is 14.2. The van der Waals surface area contributed by atoms with Gasteiger partial charge in [-0.3, -0.25) is 4.79 Å². The van der Waals surface area contributed by atoms with Crippen LogP contribution < -0.4 is 10.5 Å². The van der Waals surface area contributed by atoms with E-state index < -0.39 is 5.91 Å². The van der Waals surface area contributed by atoms with E-state index in [4.69, 9.17) is 10.5 Å². The summed E-state index contributed by atoms with van der Waals surface area (Å²) in [5.41, 5.74) is 8.21. The van der Waals surface area contributed by atoms with Gasteiger partial charge < -0.3 is 15.0 Å². The highest BCUT2D eigenvalue weighted by atomic mass is 16.5. The van der Waals surface area contributed by atoms with Crippen molar-refractivity contribution in [1.82, 2.24) is 9.55 Å². The Hall–Kier alpha value is -3.60. The number of carbonyl (C=O) groups excluding carboxylic acids is 1. The van der Waals surface area contributed by atoms with Gasteiger partial charge in [0.05, 0.1) is 11.9 Å². The molecule has 0 saturated carbocycles. The van der Waals surface area contributed by atoms with Crippen molar-refractivity contribution in [2.45, 2.75) is 26.2 Å². The molecule has 1 heterocycles. The zero-order valence-electron chi connectivity index (χ0n) is 16.3. The molecule has 0 saturated heterocycles. The number of primary amides is 1. The normalized spacial score (nSPS) is 10.9. The standard InChI is InChI=1S/C24H23N3O2/c1-2-3-7-21-22(15-17-6-4-5-8-20(17)23(21)24(25)28)29-19-11-9-18(10-12-19)27-14-13-26-16-27/h4-6,8-16H,2-3,7H2,1H3,(H2,25,28). The van der Waals surface area contributed by atoms with Gasteiger partial charge in [-0.05, 0) is 53.9 Å². The van der Waals surface area contributed by atoms with Crippen molar-refractivity contribution in [2.75, 3.05) is 0 Å². The molecule has 0 fully saturated rings. The summed E-state index contributed by atoms with van der Waals surface area (Å²) in [6.45, 7) is 2.13. The molecule has 0 aliphatic heterocycles. The minimum absolute atomic E-state index is 0.423. The van der Waals surface area contributed by atoms with E-state index in [9.17, 15) is 4.79 Å². The van der Waals surface area contributed by atoms with Crippen molar-refractivity contribution in [3.8, 4) is 17.2 Å². The molecule has 0 bridgehead atoms. The number of unbranched alkanes of at least 4 members (excludes halogenated alkanes) is 1. The molecule has 5 heteroatoms. The Balaban J connectivity index is 1.76. The van der Waals surface area contributed by atoms with Crippen molar-refractivity contribution in [3.63, 3.8) is 0 Å². The molecule has 146 valence electrons. The summed E-state index contributed by atoms with van der Waals surface area (Å²) in [7, 11) is 0. The average molecular weight is 385 g/mol. The van der Waals surface area contributed by atoms with Gasteiger partial charge in [-0.2, -0.15) is 0 Å². The maximum absolute atomic E-state index is 12.3. The van der Waals surface area contributed by atoms with Gasteiger partial charge in [0, 0.05) is 23.6 Å². The number of hydrogen-bond donors (Lipinski definition) is 1. The van der Waals surface area contributed by atoms with E-state index in [1.54, 1.807) is 12.5 Å². The Morgan fingerprint density at radius 3 is 2.62 bits per heavy atom. The third-order valence-corrected chi connectivity index (χ3v) is 5.01. The third kappa shape index (κ3) is 3.85. The topological polar surface area (TPSA) is 70.1 Å². The Morgan fingerprint density at radius 2 is 1.93 bits per heavy atom. The van der Waals surface area contributed by atoms with Gasteiger partial charge in [0.2, 0.25) is 5.91 Å². The molecule has 2 N–H and O–H groups in total. The fourth-order valence-electron chi connectivity index (χ4n) is 3.56. The fourth-order valence-corrected chi connectivity index (χ4v) is 3.56. The number of rotatable bonds is 7. The third-order valence-electron chi connectivity index (χ3n) is 5.01. The Kier molecular flexibility index (Phi) is 5.29. The van der Waals surface area contributed by atoms with Crippen LogP contribution in [0.2, 0.25) is 0 Å². The van der Waals surface area contributed by atoms with Crippen molar-refractivity contribution >= 4 is 16.7 Å². The second-order valence-electron chi connectivity index (χ2n) is 6.98. The number of imidazole rings is 1. The molecule has 4 rings (SSSR count). The van der Waals surface area contributed by atoms with Gasteiger partial charge >= 0.3 is 0 Å². The number of nitrogens with zero attached hydrogens (tertiary/aromatic N) is 2. The molecule has 0 aliphatic rings. The summed E-state index contributed by atoms with van der Waals surface area (Å²) >= 11 is 0. The van der Waals surface area contributed by atoms with E-state index in [0.29, 0.717) is 17.1 Å². The summed E-state index contributed by atoms with van der Waals surface area (Å²) < 4.78 is 8.17. The van der Waals surface area contributed by atoms with Crippen molar-refractivity contribution in [1.29, 1.82) is 0 Å². The molecule has 5 nitrogen and oxygen atoms in total. The van der Waals surface area contributed by atoms with E-state index >= 15 is 0 Å². The smallest absolute Gasteiger partial charge is 0.249 e. The molecule has 1 amide bonds. The van der Waals surface area contributed by atoms with Crippen LogP contribution in [-0.2, 0) is 6.42 Å². The average Bonchev–Trinajstić information content (AvgIpc) is 3.27. The summed E-state index contributed by atoms with van der Waals surface area (Å²) in [5, 5.41) is 1.81. The molecular weight excluding hydrogens is 362 g/mol. The number of benzene rings is 3. The molecule has 3 aromatic carbocycles. The molecule has 0 aliphatic carbocycles. The second-order valence-corrected chi connectivity index (χ2v) is 6.98. The minimum Gasteiger partial charge on any atom is -0.457 e. The molecular formula is C24H23N3O2. The van der Waals surface area contributed by atoms with E-state index in [1.165, 1.54) is 0 Å². The maximum Gasteiger partial charge on any atom is 0.249 e. The van der Waals surface area contributed by atoms with Crippen LogP contribution in [0.1, 0.15) is 35.7 Å². The van der Waals surface area contributed by atoms with Crippen LogP contribution in [0.4, 0.5) is 0 Å². The summed E-state index contributed by atoms with van der Waals surface area (Å²) in [6, 6.07) is 17.6. The largest absolute Gasteiger partial charge is 0.457 e. The van der Waals surface area contributed by atoms with Crippen LogP contribution in [-0.4, -0.2) is 15.5 Å². The highest BCUT2D eigenvalue weighted by Crippen LogP contribution is 2.35. The summed E-state index contributed by atoms with van der Waals surface area (Å²) in [4.78, 5) is 16.4. The molecule has 0 unspecified atom stereocenters. The molecule has 1 aromatic heterocycles. The van der Waals surface area contributed by atoms with Crippen LogP contribution >= 0.6 is 0 Å². The Bertz CT molecular complexity index is 1130. The Morgan fingerprint density at radius 1 is 1.14 bits per heavy atom. The first-order valence-electron chi connectivity index (χ1n) is 9.78. The monoisotopic (exact) mass is 385 g/mol. The lowest BCUT2D eigenvalue weighted by molar-refractivity contribution is 0.100. The first kappa shape index (κ1) is 18.7. The first-order valence-corrected chi connectivity index (χ1v) is 9.78. The highest BCUT2D eigenvalue weighted by Gasteiger charge is 2.18. The lowest BCUT2D eigenvalue weighted by atomic mass is 9.94. The fraction of sp³-hybridized carbons (Fsp3) is 0.167. The predicted molar refractivity (Wildman–Crippen MR) is 115 cm³/mol. The number of ether oxygens (including phenoxy) is 1. The van der Waals surface area contributed by atoms with Gasteiger partial charge in [-0.25, -0.2) is 4.98 Å². The van der Waals surface area contributed by atoms with Gasteiger partial charge in [0.15, 0.2) is 0 Å². The summed E-state index contributed by atoms with van der Waals surface area (Å²) in [5.74, 6) is 0.965. The van der Waals surface area contributed by atoms with Crippen molar-refractivity contribution in [2.24, 2.45) is 5.73 Å². The van der Waals surface area contributed by atoms with E-state index in [1.807, 2.05) is 65.4 Å². The number of aromatic nitrogens is 2. The van der Waals surface area contributed by atoms with E-state index in [0.717, 1.165) is 41.3 Å². The molecule has 0 spiro atoms. The van der Waals surface area contributed by atoms with Gasteiger partial charge in [-0.15, -0.1) is 0 Å². The van der Waals surface area contributed by atoms with Crippen molar-refractivity contribution < 1.29 is 9.53 Å². The highest BCUT2D eigenvalue weighted by molar-refractivity contribution is 6.08. The lowest BCUT2D eigenvalue weighted by Gasteiger charge is -2.17. The number of carbonyl (C=O) groups is 1. The van der Waals surface area contributed by atoms with Crippen molar-refractivity contribution in [3.05, 3.63) is 84.4 Å². The number of amides is 1. The summed E-state index contributed by atoms with van der Waals surface area (Å²) in [6.07, 6.45) is 8.09. The van der Waals surface area contributed by atoms with Crippen LogP contribution in [0.15, 0.2) is 73.3 Å². The Labute approximate surface area is 169 Å². The predicted octanol–water partition coefficient (Wildman–Crippen LogP) is 5.26. The lowest BCUT2D eigenvalue weighted by Crippen LogP contribution is -2.15. The van der Waals surface area contributed by atoms with Crippen LogP contribution in [0.5, 0.6) is 11.5 Å². The SMILES string of the molecule is CCCCc1c(Oc2ccc(-n3ccnc3)cc2)cc2ccccc2c1C(N)=O. The molecule has 4 aromatic rings. The van der Waals surface area contributed by atoms with Crippen LogP contribution in [0, 0.1) is 0 Å². The number of hydrogen-bond acceptors (Lipinski definition) is 3. The quantitative estimate of drug-likeness (QED) is 0.472. The van der Waals surface area contributed by atoms with Gasteiger partial charge in [-0.1, -0.05) is 37.6 Å². The van der Waals surface area contributed by atoms with Gasteiger partial charge in [0.1, 0.15) is 11.5 Å². The van der Waals surface area contributed by atoms with Crippen LogP contribution in [0.3, 0.4) is 0 Å². The number of fused-ring (bicyclic) bond motifs is 1. The van der Waals surface area contributed by atoms with E-state index in [2.05, 4.69) is 11.9 Å². The molecule has 29 heavy (non-hydrogen) atoms. The van der Waals surface area contributed by atoms with E-state index in [-0.39, 0.29) is 0 Å².